The average Bonchev–Trinajstić information content (AvgIpc) is 3.81. The molecule has 0 aliphatic heterocycles. The normalized spacial score (nSPS) is 11.8. The number of benzene rings is 4. The summed E-state index contributed by atoms with van der Waals surface area (Å²) < 4.78 is 24.5. The van der Waals surface area contributed by atoms with E-state index >= 15 is 0 Å². The standard InChI is InChI=1S/C20H17ClN2O4.C20H18FN3O4/c1-12-18(23-20(27-12)13-7-3-2-4-8-13)19(26)22-16(11-17(24)25)14-9-5-6-10-15(14)21;21-15-9-5-4-8-14(15)20-23-18(28-24-20)11-10-17(25)22-16(12-19(26)27)13-6-2-1-3-7-13/h2-10,16H,11H2,1H3,(H,22,26)(H,24,25);1-9,16H,10-12H2,(H,22,25)(H,26,27)/t2*16-/m00/s1. The van der Waals surface area contributed by atoms with E-state index in [2.05, 4.69) is 25.8 Å². The molecule has 0 aliphatic rings. The van der Waals surface area contributed by atoms with E-state index in [-0.39, 0.29) is 54.6 Å². The quantitative estimate of drug-likeness (QED) is 0.0862. The SMILES string of the molecule is Cc1oc(-c2ccccc2)nc1C(=O)N[C@@H](CC(=O)O)c1ccccc1Cl.O=C(O)C[C@H](NC(=O)CCc1nc(-c2ccccc2F)no1)c1ccccc1. The summed E-state index contributed by atoms with van der Waals surface area (Å²) >= 11 is 6.17. The number of halogens is 2. The number of carbonyl (C=O) groups is 4. The van der Waals surface area contributed by atoms with Gasteiger partial charge in [0.15, 0.2) is 5.69 Å². The lowest BCUT2D eigenvalue weighted by Crippen LogP contribution is -2.31. The van der Waals surface area contributed by atoms with Crippen molar-refractivity contribution in [3.8, 4) is 22.8 Å². The fourth-order valence-electron chi connectivity index (χ4n) is 5.42. The number of rotatable bonds is 14. The smallest absolute Gasteiger partial charge is 0.305 e. The number of aliphatic carboxylic acids is 2. The van der Waals surface area contributed by atoms with Gasteiger partial charge in [-0.2, -0.15) is 4.98 Å². The number of carboxylic acids is 2. The predicted molar refractivity (Wildman–Crippen MR) is 198 cm³/mol. The van der Waals surface area contributed by atoms with Crippen LogP contribution in [0.1, 0.15) is 64.6 Å². The zero-order valence-electron chi connectivity index (χ0n) is 29.3. The second kappa shape index (κ2) is 18.9. The zero-order chi connectivity index (χ0) is 39.3. The van der Waals surface area contributed by atoms with Crippen LogP contribution in [0.5, 0.6) is 0 Å². The molecule has 0 radical (unpaired) electrons. The first kappa shape index (κ1) is 39.5. The van der Waals surface area contributed by atoms with Gasteiger partial charge in [0.25, 0.3) is 5.91 Å². The van der Waals surface area contributed by atoms with Crippen molar-refractivity contribution in [1.29, 1.82) is 0 Å². The van der Waals surface area contributed by atoms with E-state index in [1.807, 2.05) is 36.4 Å². The molecule has 55 heavy (non-hydrogen) atoms. The second-order valence-electron chi connectivity index (χ2n) is 12.1. The van der Waals surface area contributed by atoms with Crippen LogP contribution in [0.15, 0.2) is 118 Å². The molecule has 282 valence electrons. The Balaban J connectivity index is 0.000000211. The van der Waals surface area contributed by atoms with E-state index in [1.165, 1.54) is 12.1 Å². The maximum Gasteiger partial charge on any atom is 0.305 e. The Bertz CT molecular complexity index is 2250. The van der Waals surface area contributed by atoms with Crippen LogP contribution < -0.4 is 10.6 Å². The Morgan fingerprint density at radius 2 is 1.40 bits per heavy atom. The van der Waals surface area contributed by atoms with Crippen LogP contribution in [0, 0.1) is 12.7 Å². The average molecular weight is 768 g/mol. The van der Waals surface area contributed by atoms with Gasteiger partial charge in [0, 0.05) is 23.4 Å². The van der Waals surface area contributed by atoms with Gasteiger partial charge in [-0.25, -0.2) is 9.37 Å². The molecule has 2 amide bonds. The molecule has 0 spiro atoms. The highest BCUT2D eigenvalue weighted by molar-refractivity contribution is 6.31. The Morgan fingerprint density at radius 3 is 2.07 bits per heavy atom. The lowest BCUT2D eigenvalue weighted by molar-refractivity contribution is -0.138. The highest BCUT2D eigenvalue weighted by Crippen LogP contribution is 2.27. The van der Waals surface area contributed by atoms with Crippen LogP contribution in [0.2, 0.25) is 5.02 Å². The van der Waals surface area contributed by atoms with Gasteiger partial charge in [0.05, 0.1) is 30.5 Å². The molecule has 0 bridgehead atoms. The van der Waals surface area contributed by atoms with Crippen LogP contribution >= 0.6 is 11.6 Å². The monoisotopic (exact) mass is 767 g/mol. The largest absolute Gasteiger partial charge is 0.481 e. The summed E-state index contributed by atoms with van der Waals surface area (Å²) in [5, 5.41) is 27.8. The first-order chi connectivity index (χ1) is 26.5. The number of hydrogen-bond acceptors (Lipinski definition) is 9. The third-order valence-corrected chi connectivity index (χ3v) is 8.41. The number of aryl methyl sites for hydroxylation is 2. The van der Waals surface area contributed by atoms with Crippen LogP contribution in [-0.4, -0.2) is 49.1 Å². The van der Waals surface area contributed by atoms with Crippen molar-refractivity contribution in [2.45, 2.75) is 44.7 Å². The summed E-state index contributed by atoms with van der Waals surface area (Å²) in [5.74, 6) is -2.42. The van der Waals surface area contributed by atoms with Gasteiger partial charge in [-0.05, 0) is 48.4 Å². The minimum absolute atomic E-state index is 0.0296. The molecule has 2 heterocycles. The van der Waals surface area contributed by atoms with E-state index in [4.69, 9.17) is 25.6 Å². The summed E-state index contributed by atoms with van der Waals surface area (Å²) in [4.78, 5) is 55.7. The molecule has 2 aromatic heterocycles. The van der Waals surface area contributed by atoms with Gasteiger partial charge in [-0.1, -0.05) is 95.6 Å². The number of nitrogens with one attached hydrogen (secondary N) is 2. The Labute approximate surface area is 319 Å². The molecule has 4 aromatic carbocycles. The molecule has 6 aromatic rings. The molecule has 0 unspecified atom stereocenters. The van der Waals surface area contributed by atoms with Crippen LogP contribution in [0.3, 0.4) is 0 Å². The van der Waals surface area contributed by atoms with E-state index in [1.54, 1.807) is 67.6 Å². The van der Waals surface area contributed by atoms with Crippen molar-refractivity contribution in [2.24, 2.45) is 0 Å². The van der Waals surface area contributed by atoms with E-state index < -0.39 is 35.7 Å². The Kier molecular flexibility index (Phi) is 13.6. The summed E-state index contributed by atoms with van der Waals surface area (Å²) in [6.45, 7) is 1.63. The third kappa shape index (κ3) is 11.2. The molecule has 0 fully saturated rings. The molecular formula is C40H35ClFN5O8. The fraction of sp³-hybridized carbons (Fsp3) is 0.175. The fourth-order valence-corrected chi connectivity index (χ4v) is 5.68. The van der Waals surface area contributed by atoms with E-state index in [0.717, 1.165) is 5.56 Å². The van der Waals surface area contributed by atoms with Gasteiger partial charge >= 0.3 is 11.9 Å². The summed E-state index contributed by atoms with van der Waals surface area (Å²) in [6.07, 6.45) is -0.352. The minimum atomic E-state index is -1.05. The molecule has 13 nitrogen and oxygen atoms in total. The van der Waals surface area contributed by atoms with Gasteiger partial charge in [-0.15, -0.1) is 0 Å². The Morgan fingerprint density at radius 1 is 0.782 bits per heavy atom. The van der Waals surface area contributed by atoms with E-state index in [9.17, 15) is 28.7 Å². The van der Waals surface area contributed by atoms with Crippen molar-refractivity contribution in [3.63, 3.8) is 0 Å². The van der Waals surface area contributed by atoms with Crippen LogP contribution in [-0.2, 0) is 20.8 Å². The molecule has 6 rings (SSSR count). The molecule has 0 saturated carbocycles. The number of oxazole rings is 1. The van der Waals surface area contributed by atoms with Gasteiger partial charge < -0.3 is 29.8 Å². The Hall–Kier alpha value is -6.67. The van der Waals surface area contributed by atoms with Gasteiger partial charge in [0.2, 0.25) is 23.5 Å². The number of carbonyl (C=O) groups excluding carboxylic acids is 2. The van der Waals surface area contributed by atoms with Crippen molar-refractivity contribution in [1.82, 2.24) is 25.8 Å². The van der Waals surface area contributed by atoms with E-state index in [0.29, 0.717) is 27.8 Å². The zero-order valence-corrected chi connectivity index (χ0v) is 30.1. The number of aromatic nitrogens is 3. The molecule has 0 saturated heterocycles. The summed E-state index contributed by atoms with van der Waals surface area (Å²) in [7, 11) is 0. The number of nitrogens with zero attached hydrogens (tertiary/aromatic N) is 3. The van der Waals surface area contributed by atoms with Crippen molar-refractivity contribution < 1.29 is 42.7 Å². The first-order valence-corrected chi connectivity index (χ1v) is 17.3. The third-order valence-electron chi connectivity index (χ3n) is 8.06. The summed E-state index contributed by atoms with van der Waals surface area (Å²) in [5.41, 5.74) is 2.30. The molecular weight excluding hydrogens is 733 g/mol. The van der Waals surface area contributed by atoms with Gasteiger partial charge in [0.1, 0.15) is 11.6 Å². The van der Waals surface area contributed by atoms with Gasteiger partial charge in [-0.3, -0.25) is 19.2 Å². The lowest BCUT2D eigenvalue weighted by Gasteiger charge is -2.18. The predicted octanol–water partition coefficient (Wildman–Crippen LogP) is 7.39. The first-order valence-electron chi connectivity index (χ1n) is 16.9. The lowest BCUT2D eigenvalue weighted by atomic mass is 10.0. The van der Waals surface area contributed by atoms with Crippen molar-refractivity contribution in [2.75, 3.05) is 0 Å². The summed E-state index contributed by atoms with van der Waals surface area (Å²) in [6, 6.07) is 29.5. The number of amides is 2. The maximum absolute atomic E-state index is 13.8. The minimum Gasteiger partial charge on any atom is -0.481 e. The molecule has 2 atom stereocenters. The second-order valence-corrected chi connectivity index (χ2v) is 12.5. The van der Waals surface area contributed by atoms with Crippen LogP contribution in [0.25, 0.3) is 22.8 Å². The van der Waals surface area contributed by atoms with Crippen molar-refractivity contribution in [3.05, 3.63) is 149 Å². The topological polar surface area (TPSA) is 198 Å². The number of hydrogen-bond donors (Lipinski definition) is 4. The molecule has 0 aliphatic carbocycles. The maximum atomic E-state index is 13.8. The molecule has 4 N–H and O–H groups in total. The highest BCUT2D eigenvalue weighted by atomic mass is 35.5. The van der Waals surface area contributed by atoms with Crippen molar-refractivity contribution >= 4 is 35.4 Å². The van der Waals surface area contributed by atoms with Crippen LogP contribution in [0.4, 0.5) is 4.39 Å². The highest BCUT2D eigenvalue weighted by Gasteiger charge is 2.25. The molecule has 15 heteroatoms. The number of carboxylic acid groups (broad SMARTS) is 2.